The van der Waals surface area contributed by atoms with Gasteiger partial charge < -0.3 is 19.3 Å². The number of carbonyl (C=O) groups excluding carboxylic acids is 2. The van der Waals surface area contributed by atoms with Crippen molar-refractivity contribution < 1.29 is 19.1 Å². The van der Waals surface area contributed by atoms with E-state index >= 15 is 0 Å². The Morgan fingerprint density at radius 1 is 1.07 bits per heavy atom. The summed E-state index contributed by atoms with van der Waals surface area (Å²) < 4.78 is 9.91. The van der Waals surface area contributed by atoms with Crippen LogP contribution in [0.15, 0.2) is 54.5 Å². The molecule has 7 heteroatoms. The van der Waals surface area contributed by atoms with Crippen molar-refractivity contribution in [3.63, 3.8) is 0 Å². The van der Waals surface area contributed by atoms with E-state index in [0.29, 0.717) is 36.6 Å². The van der Waals surface area contributed by atoms with Gasteiger partial charge in [-0.3, -0.25) is 4.79 Å². The number of benzene rings is 1. The van der Waals surface area contributed by atoms with Crippen LogP contribution in [-0.4, -0.2) is 44.0 Å². The second-order valence-electron chi connectivity index (χ2n) is 6.23. The summed E-state index contributed by atoms with van der Waals surface area (Å²) >= 11 is 0. The van der Waals surface area contributed by atoms with Crippen LogP contribution in [0.3, 0.4) is 0 Å². The van der Waals surface area contributed by atoms with E-state index < -0.39 is 5.97 Å². The van der Waals surface area contributed by atoms with Crippen molar-refractivity contribution in [3.8, 4) is 5.75 Å². The smallest absolute Gasteiger partial charge is 0.339 e. The third-order valence-electron chi connectivity index (χ3n) is 4.59. The highest BCUT2D eigenvalue weighted by molar-refractivity contribution is 5.99. The fourth-order valence-electron chi connectivity index (χ4n) is 3.01. The number of ether oxygens (including phenoxy) is 2. The Labute approximate surface area is 164 Å². The number of nitrogens with zero attached hydrogens (tertiary/aromatic N) is 3. The van der Waals surface area contributed by atoms with E-state index in [1.807, 2.05) is 47.2 Å². The zero-order valence-electron chi connectivity index (χ0n) is 16.2. The number of pyridine rings is 1. The minimum atomic E-state index is -0.441. The van der Waals surface area contributed by atoms with Gasteiger partial charge in [-0.25, -0.2) is 9.78 Å². The summed E-state index contributed by atoms with van der Waals surface area (Å²) in [6, 6.07) is 11.1. The zero-order valence-corrected chi connectivity index (χ0v) is 16.2. The summed E-state index contributed by atoms with van der Waals surface area (Å²) in [5, 5.41) is 0. The molecule has 0 atom stereocenters. The zero-order chi connectivity index (χ0) is 20.1. The van der Waals surface area contributed by atoms with Gasteiger partial charge >= 0.3 is 5.97 Å². The molecule has 0 saturated carbocycles. The molecule has 0 saturated heterocycles. The van der Waals surface area contributed by atoms with Crippen LogP contribution >= 0.6 is 0 Å². The summed E-state index contributed by atoms with van der Waals surface area (Å²) in [5.74, 6) is 0.988. The lowest BCUT2D eigenvalue weighted by atomic mass is 10.1. The van der Waals surface area contributed by atoms with Gasteiger partial charge in [0.25, 0.3) is 0 Å². The van der Waals surface area contributed by atoms with E-state index in [0.717, 1.165) is 11.4 Å². The van der Waals surface area contributed by atoms with Crippen LogP contribution in [0.25, 0.3) is 0 Å². The lowest BCUT2D eigenvalue weighted by molar-refractivity contribution is -0.115. The van der Waals surface area contributed by atoms with Gasteiger partial charge in [-0.2, -0.15) is 0 Å². The van der Waals surface area contributed by atoms with Crippen LogP contribution in [0, 0.1) is 0 Å². The molecule has 3 rings (SSSR count). The van der Waals surface area contributed by atoms with Gasteiger partial charge in [-0.05, 0) is 36.4 Å². The van der Waals surface area contributed by atoms with Crippen molar-refractivity contribution in [2.75, 3.05) is 37.1 Å². The molecule has 0 aliphatic carbocycles. The van der Waals surface area contributed by atoms with Crippen molar-refractivity contribution >= 4 is 23.3 Å². The highest BCUT2D eigenvalue weighted by Gasteiger charge is 2.25. The average molecular weight is 381 g/mol. The fourth-order valence-corrected chi connectivity index (χ4v) is 3.01. The van der Waals surface area contributed by atoms with Crippen molar-refractivity contribution in [2.24, 2.45) is 0 Å². The molecule has 2 aromatic rings. The maximum absolute atomic E-state index is 12.6. The number of Topliss-reactive ketones (excluding diaryl/α,β-unsaturated/α-hetero) is 1. The lowest BCUT2D eigenvalue weighted by Crippen LogP contribution is -2.41. The summed E-state index contributed by atoms with van der Waals surface area (Å²) in [6.07, 6.45) is 3.71. The number of anilines is 2. The average Bonchev–Trinajstić information content (AvgIpc) is 2.77. The van der Waals surface area contributed by atoms with E-state index in [1.165, 1.54) is 13.3 Å². The van der Waals surface area contributed by atoms with Crippen molar-refractivity contribution in [3.05, 3.63) is 60.1 Å². The largest absolute Gasteiger partial charge is 0.497 e. The molecule has 7 nitrogen and oxygen atoms in total. The number of hydrogen-bond acceptors (Lipinski definition) is 7. The number of ketones is 1. The van der Waals surface area contributed by atoms with Crippen LogP contribution in [0.1, 0.15) is 23.7 Å². The van der Waals surface area contributed by atoms with Crippen LogP contribution in [0.2, 0.25) is 0 Å². The molecule has 0 spiro atoms. The van der Waals surface area contributed by atoms with Crippen LogP contribution in [0.4, 0.5) is 11.5 Å². The lowest BCUT2D eigenvalue weighted by Gasteiger charge is -2.35. The molecule has 1 aliphatic rings. The molecule has 28 heavy (non-hydrogen) atoms. The number of carbonyl (C=O) groups is 2. The number of methoxy groups -OCH3 is 2. The fraction of sp³-hybridized carbons (Fsp3) is 0.286. The quantitative estimate of drug-likeness (QED) is 0.712. The molecular weight excluding hydrogens is 358 g/mol. The first-order chi connectivity index (χ1) is 13.6. The first kappa shape index (κ1) is 19.4. The van der Waals surface area contributed by atoms with Crippen LogP contribution < -0.4 is 14.5 Å². The monoisotopic (exact) mass is 381 g/mol. The summed E-state index contributed by atoms with van der Waals surface area (Å²) in [6.45, 7) is 3.11. The Morgan fingerprint density at radius 2 is 1.82 bits per heavy atom. The molecule has 0 unspecified atom stereocenters. The molecule has 1 aromatic carbocycles. The van der Waals surface area contributed by atoms with E-state index in [4.69, 9.17) is 9.47 Å². The SMILES string of the molecule is CCC(=O)C1=CN(c2ccc(OC)cc2)CCN1c1ccc(C(=O)OC)cn1. The molecule has 0 amide bonds. The first-order valence-electron chi connectivity index (χ1n) is 9.05. The minimum Gasteiger partial charge on any atom is -0.497 e. The second-order valence-corrected chi connectivity index (χ2v) is 6.23. The first-order valence-corrected chi connectivity index (χ1v) is 9.05. The molecule has 1 aliphatic heterocycles. The second kappa shape index (κ2) is 8.56. The highest BCUT2D eigenvalue weighted by atomic mass is 16.5. The third kappa shape index (κ3) is 3.98. The Morgan fingerprint density at radius 3 is 2.39 bits per heavy atom. The van der Waals surface area contributed by atoms with Crippen molar-refractivity contribution in [2.45, 2.75) is 13.3 Å². The van der Waals surface area contributed by atoms with E-state index in [1.54, 1.807) is 19.2 Å². The number of allylic oxidation sites excluding steroid dienone is 1. The predicted octanol–water partition coefficient (Wildman–Crippen LogP) is 3.02. The number of esters is 1. The Balaban J connectivity index is 1.90. The normalized spacial score (nSPS) is 13.8. The summed E-state index contributed by atoms with van der Waals surface area (Å²) in [4.78, 5) is 32.5. The molecule has 0 fully saturated rings. The Bertz CT molecular complexity index is 876. The van der Waals surface area contributed by atoms with Gasteiger partial charge in [0, 0.05) is 37.6 Å². The van der Waals surface area contributed by atoms with Gasteiger partial charge in [0.05, 0.1) is 19.8 Å². The minimum absolute atomic E-state index is 0.0251. The Hall–Kier alpha value is -3.35. The summed E-state index contributed by atoms with van der Waals surface area (Å²) in [5.41, 5.74) is 1.93. The number of rotatable bonds is 6. The number of aromatic nitrogens is 1. The molecule has 0 N–H and O–H groups in total. The maximum Gasteiger partial charge on any atom is 0.339 e. The topological polar surface area (TPSA) is 72.0 Å². The maximum atomic E-state index is 12.6. The van der Waals surface area contributed by atoms with Gasteiger partial charge in [0.2, 0.25) is 0 Å². The Kier molecular flexibility index (Phi) is 5.93. The van der Waals surface area contributed by atoms with E-state index in [9.17, 15) is 9.59 Å². The highest BCUT2D eigenvalue weighted by Crippen LogP contribution is 2.27. The van der Waals surface area contributed by atoms with Crippen molar-refractivity contribution in [1.82, 2.24) is 4.98 Å². The third-order valence-corrected chi connectivity index (χ3v) is 4.59. The van der Waals surface area contributed by atoms with Crippen LogP contribution in [0.5, 0.6) is 5.75 Å². The number of hydrogen-bond donors (Lipinski definition) is 0. The molecule has 2 heterocycles. The van der Waals surface area contributed by atoms with Gasteiger partial charge in [0.1, 0.15) is 17.3 Å². The van der Waals surface area contributed by atoms with Crippen molar-refractivity contribution in [1.29, 1.82) is 0 Å². The molecule has 0 bridgehead atoms. The van der Waals surface area contributed by atoms with Crippen LogP contribution in [-0.2, 0) is 9.53 Å². The predicted molar refractivity (Wildman–Crippen MR) is 107 cm³/mol. The van der Waals surface area contributed by atoms with Gasteiger partial charge in [0.15, 0.2) is 5.78 Å². The van der Waals surface area contributed by atoms with Gasteiger partial charge in [-0.1, -0.05) is 6.92 Å². The standard InChI is InChI=1S/C21H23N3O4/c1-4-19(25)18-14-23(16-6-8-17(27-2)9-7-16)11-12-24(18)20-10-5-15(13-22-20)21(26)28-3/h5-10,13-14H,4,11-12H2,1-3H3. The summed E-state index contributed by atoms with van der Waals surface area (Å²) in [7, 11) is 2.96. The molecular formula is C21H23N3O4. The molecule has 0 radical (unpaired) electrons. The molecule has 1 aromatic heterocycles. The van der Waals surface area contributed by atoms with E-state index in [2.05, 4.69) is 4.98 Å². The van der Waals surface area contributed by atoms with E-state index in [-0.39, 0.29) is 5.78 Å². The molecule has 146 valence electrons. The van der Waals surface area contributed by atoms with Gasteiger partial charge in [-0.15, -0.1) is 0 Å².